The molecular formula is C12H22N2O3. The molecule has 5 heteroatoms. The normalized spacial score (nSPS) is 17.8. The van der Waals surface area contributed by atoms with Crippen molar-refractivity contribution in [2.45, 2.75) is 51.0 Å². The number of rotatable bonds is 6. The molecule has 1 saturated carbocycles. The quantitative estimate of drug-likeness (QED) is 0.628. The van der Waals surface area contributed by atoms with E-state index in [0.29, 0.717) is 6.42 Å². The first-order chi connectivity index (χ1) is 8.12. The van der Waals surface area contributed by atoms with Crippen LogP contribution >= 0.6 is 0 Å². The van der Waals surface area contributed by atoms with E-state index in [0.717, 1.165) is 32.1 Å². The molecule has 0 spiro atoms. The van der Waals surface area contributed by atoms with Gasteiger partial charge < -0.3 is 15.7 Å². The van der Waals surface area contributed by atoms with E-state index in [1.54, 1.807) is 0 Å². The predicted molar refractivity (Wildman–Crippen MR) is 64.3 cm³/mol. The molecule has 1 aliphatic carbocycles. The molecule has 0 aromatic heterocycles. The predicted octanol–water partition coefficient (Wildman–Crippen LogP) is 0.324. The summed E-state index contributed by atoms with van der Waals surface area (Å²) in [5, 5.41) is 14.7. The molecule has 0 saturated heterocycles. The van der Waals surface area contributed by atoms with Crippen LogP contribution in [0.1, 0.15) is 45.4 Å². The third-order valence-electron chi connectivity index (χ3n) is 3.19. The molecule has 1 aliphatic rings. The van der Waals surface area contributed by atoms with Crippen molar-refractivity contribution in [3.05, 3.63) is 0 Å². The number of aliphatic hydroxyl groups is 1. The van der Waals surface area contributed by atoms with E-state index >= 15 is 0 Å². The van der Waals surface area contributed by atoms with Crippen molar-refractivity contribution >= 4 is 11.8 Å². The smallest absolute Gasteiger partial charge is 0.239 e. The third kappa shape index (κ3) is 4.34. The Morgan fingerprint density at radius 3 is 2.41 bits per heavy atom. The molecule has 0 aliphatic heterocycles. The molecule has 1 fully saturated rings. The van der Waals surface area contributed by atoms with Crippen LogP contribution in [0.15, 0.2) is 0 Å². The summed E-state index contributed by atoms with van der Waals surface area (Å²) in [6.07, 6.45) is 4.91. The summed E-state index contributed by atoms with van der Waals surface area (Å²) in [5.74, 6) is -0.322. The SMILES string of the molecule is CCCC(=O)NCC(=O)NC1(CO)CCCC1. The lowest BCUT2D eigenvalue weighted by atomic mass is 9.99. The van der Waals surface area contributed by atoms with Crippen LogP contribution < -0.4 is 10.6 Å². The van der Waals surface area contributed by atoms with Gasteiger partial charge in [0, 0.05) is 6.42 Å². The minimum absolute atomic E-state index is 0.000579. The van der Waals surface area contributed by atoms with Crippen molar-refractivity contribution in [1.82, 2.24) is 10.6 Å². The zero-order valence-corrected chi connectivity index (χ0v) is 10.4. The van der Waals surface area contributed by atoms with Gasteiger partial charge in [0.1, 0.15) is 0 Å². The Kier molecular flexibility index (Phi) is 5.41. The van der Waals surface area contributed by atoms with E-state index in [2.05, 4.69) is 10.6 Å². The molecule has 17 heavy (non-hydrogen) atoms. The lowest BCUT2D eigenvalue weighted by Gasteiger charge is -2.27. The van der Waals surface area contributed by atoms with E-state index in [9.17, 15) is 14.7 Å². The van der Waals surface area contributed by atoms with Crippen molar-refractivity contribution in [2.24, 2.45) is 0 Å². The van der Waals surface area contributed by atoms with Gasteiger partial charge in [0.2, 0.25) is 11.8 Å². The van der Waals surface area contributed by atoms with Gasteiger partial charge >= 0.3 is 0 Å². The topological polar surface area (TPSA) is 78.4 Å². The minimum atomic E-state index is -0.452. The van der Waals surface area contributed by atoms with E-state index in [4.69, 9.17) is 0 Å². The molecule has 5 nitrogen and oxygen atoms in total. The maximum Gasteiger partial charge on any atom is 0.239 e. The monoisotopic (exact) mass is 242 g/mol. The Morgan fingerprint density at radius 2 is 1.88 bits per heavy atom. The number of carbonyl (C=O) groups excluding carboxylic acids is 2. The number of nitrogens with one attached hydrogen (secondary N) is 2. The number of amides is 2. The molecule has 3 N–H and O–H groups in total. The fraction of sp³-hybridized carbons (Fsp3) is 0.833. The first-order valence-electron chi connectivity index (χ1n) is 6.30. The van der Waals surface area contributed by atoms with Gasteiger partial charge in [0.05, 0.1) is 18.7 Å². The zero-order chi connectivity index (χ0) is 12.7. The second-order valence-corrected chi connectivity index (χ2v) is 4.72. The molecule has 0 radical (unpaired) electrons. The summed E-state index contributed by atoms with van der Waals surface area (Å²) in [6.45, 7) is 1.89. The highest BCUT2D eigenvalue weighted by Crippen LogP contribution is 2.28. The summed E-state index contributed by atoms with van der Waals surface area (Å²) in [7, 11) is 0. The van der Waals surface area contributed by atoms with E-state index in [-0.39, 0.29) is 25.0 Å². The lowest BCUT2D eigenvalue weighted by Crippen LogP contribution is -2.52. The van der Waals surface area contributed by atoms with Crippen LogP contribution in [0.3, 0.4) is 0 Å². The highest BCUT2D eigenvalue weighted by Gasteiger charge is 2.34. The van der Waals surface area contributed by atoms with Gasteiger partial charge in [-0.05, 0) is 19.3 Å². The van der Waals surface area contributed by atoms with Gasteiger partial charge in [-0.3, -0.25) is 9.59 Å². The first-order valence-corrected chi connectivity index (χ1v) is 6.30. The van der Waals surface area contributed by atoms with E-state index < -0.39 is 5.54 Å². The summed E-state index contributed by atoms with van der Waals surface area (Å²) < 4.78 is 0. The minimum Gasteiger partial charge on any atom is -0.394 e. The van der Waals surface area contributed by atoms with Gasteiger partial charge in [-0.2, -0.15) is 0 Å². The van der Waals surface area contributed by atoms with E-state index in [1.165, 1.54) is 0 Å². The van der Waals surface area contributed by atoms with Gasteiger partial charge in [-0.15, -0.1) is 0 Å². The molecule has 0 aromatic rings. The average molecular weight is 242 g/mol. The van der Waals surface area contributed by atoms with Crippen LogP contribution in [0, 0.1) is 0 Å². The fourth-order valence-corrected chi connectivity index (χ4v) is 2.21. The first kappa shape index (κ1) is 14.0. The van der Waals surface area contributed by atoms with Crippen molar-refractivity contribution in [1.29, 1.82) is 0 Å². The van der Waals surface area contributed by atoms with Crippen molar-refractivity contribution < 1.29 is 14.7 Å². The zero-order valence-electron chi connectivity index (χ0n) is 10.4. The lowest BCUT2D eigenvalue weighted by molar-refractivity contribution is -0.127. The summed E-state index contributed by atoms with van der Waals surface area (Å²) in [6, 6.07) is 0. The second-order valence-electron chi connectivity index (χ2n) is 4.72. The average Bonchev–Trinajstić information content (AvgIpc) is 2.76. The standard InChI is InChI=1S/C12H22N2O3/c1-2-5-10(16)13-8-11(17)14-12(9-15)6-3-4-7-12/h15H,2-9H2,1H3,(H,13,16)(H,14,17). The molecule has 98 valence electrons. The largest absolute Gasteiger partial charge is 0.394 e. The van der Waals surface area contributed by atoms with Gasteiger partial charge in [-0.1, -0.05) is 19.8 Å². The molecular weight excluding hydrogens is 220 g/mol. The van der Waals surface area contributed by atoms with Gasteiger partial charge in [0.15, 0.2) is 0 Å². The Balaban J connectivity index is 2.31. The maximum absolute atomic E-state index is 11.6. The molecule has 0 atom stereocenters. The van der Waals surface area contributed by atoms with E-state index in [1.807, 2.05) is 6.92 Å². The van der Waals surface area contributed by atoms with Crippen LogP contribution in [0.25, 0.3) is 0 Å². The maximum atomic E-state index is 11.6. The van der Waals surface area contributed by atoms with Crippen LogP contribution in [0.4, 0.5) is 0 Å². The third-order valence-corrected chi connectivity index (χ3v) is 3.19. The summed E-state index contributed by atoms with van der Waals surface area (Å²) in [4.78, 5) is 22.8. The van der Waals surface area contributed by atoms with Gasteiger partial charge in [-0.25, -0.2) is 0 Å². The van der Waals surface area contributed by atoms with Crippen LogP contribution in [-0.4, -0.2) is 35.6 Å². The van der Waals surface area contributed by atoms with Crippen molar-refractivity contribution in [3.63, 3.8) is 0 Å². The molecule has 0 bridgehead atoms. The van der Waals surface area contributed by atoms with Crippen molar-refractivity contribution in [3.8, 4) is 0 Å². The highest BCUT2D eigenvalue weighted by molar-refractivity contribution is 5.85. The van der Waals surface area contributed by atoms with Crippen LogP contribution in [0.2, 0.25) is 0 Å². The highest BCUT2D eigenvalue weighted by atomic mass is 16.3. The van der Waals surface area contributed by atoms with Crippen molar-refractivity contribution in [2.75, 3.05) is 13.2 Å². The molecule has 1 rings (SSSR count). The Bertz CT molecular complexity index is 273. The Morgan fingerprint density at radius 1 is 1.24 bits per heavy atom. The number of aliphatic hydroxyl groups excluding tert-OH is 1. The molecule has 0 unspecified atom stereocenters. The number of carbonyl (C=O) groups is 2. The fourth-order valence-electron chi connectivity index (χ4n) is 2.21. The summed E-state index contributed by atoms with van der Waals surface area (Å²) in [5.41, 5.74) is -0.452. The molecule has 0 heterocycles. The Labute approximate surface area is 102 Å². The summed E-state index contributed by atoms with van der Waals surface area (Å²) >= 11 is 0. The van der Waals surface area contributed by atoms with Gasteiger partial charge in [0.25, 0.3) is 0 Å². The number of hydrogen-bond acceptors (Lipinski definition) is 3. The number of hydrogen-bond donors (Lipinski definition) is 3. The Hall–Kier alpha value is -1.10. The van der Waals surface area contributed by atoms with Crippen LogP contribution in [-0.2, 0) is 9.59 Å². The molecule has 2 amide bonds. The second kappa shape index (κ2) is 6.59. The van der Waals surface area contributed by atoms with Crippen LogP contribution in [0.5, 0.6) is 0 Å². The molecule has 0 aromatic carbocycles.